The van der Waals surface area contributed by atoms with Gasteiger partial charge in [-0.1, -0.05) is 24.3 Å². The minimum Gasteiger partial charge on any atom is -0.399 e. The lowest BCUT2D eigenvalue weighted by Gasteiger charge is -2.04. The summed E-state index contributed by atoms with van der Waals surface area (Å²) in [5, 5.41) is 2.88. The minimum absolute atomic E-state index is 0.103. The maximum atomic E-state index is 11.5. The van der Waals surface area contributed by atoms with E-state index in [2.05, 4.69) is 5.32 Å². The summed E-state index contributed by atoms with van der Waals surface area (Å²) < 4.78 is 0. The quantitative estimate of drug-likeness (QED) is 0.449. The Bertz CT molecular complexity index is 368. The highest BCUT2D eigenvalue weighted by molar-refractivity contribution is 5.76. The first kappa shape index (κ1) is 13.3. The van der Waals surface area contributed by atoms with Gasteiger partial charge in [-0.3, -0.25) is 4.79 Å². The molecule has 1 aromatic carbocycles. The lowest BCUT2D eigenvalue weighted by molar-refractivity contribution is -0.121. The van der Waals surface area contributed by atoms with Gasteiger partial charge in [0.25, 0.3) is 0 Å². The van der Waals surface area contributed by atoms with Gasteiger partial charge in [-0.25, -0.2) is 0 Å². The van der Waals surface area contributed by atoms with Gasteiger partial charge in [0, 0.05) is 18.7 Å². The lowest BCUT2D eigenvalue weighted by atomic mass is 10.1. The third-order valence-electron chi connectivity index (χ3n) is 2.49. The van der Waals surface area contributed by atoms with Crippen LogP contribution in [0.4, 0.5) is 5.69 Å². The normalized spacial score (nSPS) is 10.6. The highest BCUT2D eigenvalue weighted by Crippen LogP contribution is 2.07. The number of allylic oxidation sites excluding steroid dienone is 1. The number of benzene rings is 1. The molecule has 0 aliphatic carbocycles. The first-order valence-corrected chi connectivity index (χ1v) is 5.94. The number of anilines is 1. The molecule has 0 saturated carbocycles. The van der Waals surface area contributed by atoms with Crippen molar-refractivity contribution in [2.45, 2.75) is 26.2 Å². The molecule has 0 spiro atoms. The SMILES string of the molecule is C/C=C/CCNC(=O)CCc1ccc(N)cc1. The van der Waals surface area contributed by atoms with Crippen molar-refractivity contribution < 1.29 is 4.79 Å². The van der Waals surface area contributed by atoms with Crippen molar-refractivity contribution >= 4 is 11.6 Å². The number of nitrogen functional groups attached to an aromatic ring is 1. The van der Waals surface area contributed by atoms with Crippen LogP contribution < -0.4 is 11.1 Å². The first-order valence-electron chi connectivity index (χ1n) is 5.94. The summed E-state index contributed by atoms with van der Waals surface area (Å²) in [5.74, 6) is 0.103. The molecule has 3 nitrogen and oxygen atoms in total. The zero-order valence-electron chi connectivity index (χ0n) is 10.3. The molecule has 1 aromatic rings. The van der Waals surface area contributed by atoms with Crippen LogP contribution in [0.3, 0.4) is 0 Å². The topological polar surface area (TPSA) is 55.1 Å². The zero-order chi connectivity index (χ0) is 12.5. The second-order valence-corrected chi connectivity index (χ2v) is 3.95. The number of nitrogens with two attached hydrogens (primary N) is 1. The number of amides is 1. The molecule has 17 heavy (non-hydrogen) atoms. The van der Waals surface area contributed by atoms with Crippen LogP contribution in [0.15, 0.2) is 36.4 Å². The third kappa shape index (κ3) is 5.76. The number of hydrogen-bond donors (Lipinski definition) is 2. The smallest absolute Gasteiger partial charge is 0.220 e. The van der Waals surface area contributed by atoms with E-state index < -0.39 is 0 Å². The van der Waals surface area contributed by atoms with E-state index in [4.69, 9.17) is 5.73 Å². The number of carbonyl (C=O) groups is 1. The predicted octanol–water partition coefficient (Wildman–Crippen LogP) is 2.28. The van der Waals surface area contributed by atoms with E-state index in [-0.39, 0.29) is 5.91 Å². The van der Waals surface area contributed by atoms with Crippen molar-refractivity contribution in [3.63, 3.8) is 0 Å². The fourth-order valence-corrected chi connectivity index (χ4v) is 1.49. The van der Waals surface area contributed by atoms with Crippen molar-refractivity contribution in [3.8, 4) is 0 Å². The van der Waals surface area contributed by atoms with Crippen molar-refractivity contribution in [3.05, 3.63) is 42.0 Å². The zero-order valence-corrected chi connectivity index (χ0v) is 10.3. The third-order valence-corrected chi connectivity index (χ3v) is 2.49. The fourth-order valence-electron chi connectivity index (χ4n) is 1.49. The van der Waals surface area contributed by atoms with Crippen LogP contribution in [0, 0.1) is 0 Å². The van der Waals surface area contributed by atoms with Gasteiger partial charge in [-0.15, -0.1) is 0 Å². The van der Waals surface area contributed by atoms with Gasteiger partial charge in [0.05, 0.1) is 0 Å². The molecule has 3 N–H and O–H groups in total. The molecule has 0 heterocycles. The van der Waals surface area contributed by atoms with E-state index in [0.717, 1.165) is 24.1 Å². The van der Waals surface area contributed by atoms with Crippen LogP contribution in [0.5, 0.6) is 0 Å². The van der Waals surface area contributed by atoms with E-state index >= 15 is 0 Å². The molecule has 0 aliphatic rings. The molecular weight excluding hydrogens is 212 g/mol. The maximum absolute atomic E-state index is 11.5. The first-order chi connectivity index (χ1) is 8.22. The fraction of sp³-hybridized carbons (Fsp3) is 0.357. The number of aryl methyl sites for hydroxylation is 1. The molecule has 0 aliphatic heterocycles. The molecule has 0 bridgehead atoms. The molecule has 0 unspecified atom stereocenters. The van der Waals surface area contributed by atoms with Gasteiger partial charge in [-0.2, -0.15) is 0 Å². The molecule has 0 radical (unpaired) electrons. The molecule has 0 atom stereocenters. The van der Waals surface area contributed by atoms with Gasteiger partial charge in [0.15, 0.2) is 0 Å². The summed E-state index contributed by atoms with van der Waals surface area (Å²) >= 11 is 0. The van der Waals surface area contributed by atoms with Crippen LogP contribution >= 0.6 is 0 Å². The van der Waals surface area contributed by atoms with Crippen molar-refractivity contribution in [2.75, 3.05) is 12.3 Å². The number of carbonyl (C=O) groups excluding carboxylic acids is 1. The summed E-state index contributed by atoms with van der Waals surface area (Å²) in [7, 11) is 0. The Morgan fingerprint density at radius 3 is 2.71 bits per heavy atom. The Labute approximate surface area is 103 Å². The number of hydrogen-bond acceptors (Lipinski definition) is 2. The lowest BCUT2D eigenvalue weighted by Crippen LogP contribution is -2.24. The molecule has 1 amide bonds. The van der Waals surface area contributed by atoms with Crippen molar-refractivity contribution in [1.29, 1.82) is 0 Å². The van der Waals surface area contributed by atoms with E-state index in [1.54, 1.807) is 0 Å². The van der Waals surface area contributed by atoms with E-state index in [9.17, 15) is 4.79 Å². The highest BCUT2D eigenvalue weighted by atomic mass is 16.1. The van der Waals surface area contributed by atoms with Gasteiger partial charge in [-0.05, 0) is 37.5 Å². The average molecular weight is 232 g/mol. The van der Waals surface area contributed by atoms with Gasteiger partial charge in [0.2, 0.25) is 5.91 Å². The van der Waals surface area contributed by atoms with Crippen LogP contribution in [-0.2, 0) is 11.2 Å². The molecule has 3 heteroatoms. The number of rotatable bonds is 6. The Kier molecular flexibility index (Phi) is 5.86. The van der Waals surface area contributed by atoms with E-state index in [0.29, 0.717) is 13.0 Å². The van der Waals surface area contributed by atoms with Crippen molar-refractivity contribution in [2.24, 2.45) is 0 Å². The standard InChI is InChI=1S/C14H20N2O/c1-2-3-4-11-16-14(17)10-7-12-5-8-13(15)9-6-12/h2-3,5-6,8-9H,4,7,10-11,15H2,1H3,(H,16,17)/b3-2+. The Hall–Kier alpha value is -1.77. The second kappa shape index (κ2) is 7.49. The van der Waals surface area contributed by atoms with Gasteiger partial charge >= 0.3 is 0 Å². The molecule has 0 saturated heterocycles. The summed E-state index contributed by atoms with van der Waals surface area (Å²) in [6.07, 6.45) is 6.21. The molecule has 0 fully saturated rings. The molecule has 92 valence electrons. The summed E-state index contributed by atoms with van der Waals surface area (Å²) in [6.45, 7) is 2.69. The van der Waals surface area contributed by atoms with Crippen molar-refractivity contribution in [1.82, 2.24) is 5.32 Å². The molecular formula is C14H20N2O. The van der Waals surface area contributed by atoms with E-state index in [1.165, 1.54) is 0 Å². The Morgan fingerprint density at radius 2 is 2.06 bits per heavy atom. The second-order valence-electron chi connectivity index (χ2n) is 3.95. The summed E-state index contributed by atoms with van der Waals surface area (Å²) in [4.78, 5) is 11.5. The maximum Gasteiger partial charge on any atom is 0.220 e. The summed E-state index contributed by atoms with van der Waals surface area (Å²) in [5.41, 5.74) is 7.49. The monoisotopic (exact) mass is 232 g/mol. The largest absolute Gasteiger partial charge is 0.399 e. The van der Waals surface area contributed by atoms with Crippen LogP contribution in [0.25, 0.3) is 0 Å². The summed E-state index contributed by atoms with van der Waals surface area (Å²) in [6, 6.07) is 7.64. The Balaban J connectivity index is 2.21. The van der Waals surface area contributed by atoms with Crippen LogP contribution in [0.2, 0.25) is 0 Å². The molecule has 1 rings (SSSR count). The Morgan fingerprint density at radius 1 is 1.35 bits per heavy atom. The highest BCUT2D eigenvalue weighted by Gasteiger charge is 2.00. The van der Waals surface area contributed by atoms with E-state index in [1.807, 2.05) is 43.3 Å². The predicted molar refractivity (Wildman–Crippen MR) is 71.6 cm³/mol. The average Bonchev–Trinajstić information content (AvgIpc) is 2.34. The van der Waals surface area contributed by atoms with Gasteiger partial charge in [0.1, 0.15) is 0 Å². The van der Waals surface area contributed by atoms with Crippen LogP contribution in [0.1, 0.15) is 25.3 Å². The molecule has 0 aromatic heterocycles. The van der Waals surface area contributed by atoms with Gasteiger partial charge < -0.3 is 11.1 Å². The number of nitrogens with one attached hydrogen (secondary N) is 1. The minimum atomic E-state index is 0.103. The van der Waals surface area contributed by atoms with Crippen LogP contribution in [-0.4, -0.2) is 12.5 Å².